The predicted octanol–water partition coefficient (Wildman–Crippen LogP) is 3.58. The van der Waals surface area contributed by atoms with Crippen molar-refractivity contribution in [2.75, 3.05) is 23.3 Å². The van der Waals surface area contributed by atoms with Crippen LogP contribution in [0.25, 0.3) is 0 Å². The van der Waals surface area contributed by atoms with Crippen LogP contribution in [0, 0.1) is 6.92 Å². The van der Waals surface area contributed by atoms with Crippen molar-refractivity contribution < 1.29 is 0 Å². The minimum absolute atomic E-state index is 0.906. The number of nitrogens with one attached hydrogen (secondary N) is 1. The standard InChI is InChI=1S/C15H16BrN3/c1-11-2-4-12(5-3-11)10-19-7-6-17-14-8-13(16)9-18-15(14)19/h2-5,8-9,17H,6-7,10H2,1H3. The van der Waals surface area contributed by atoms with Crippen LogP contribution < -0.4 is 10.2 Å². The van der Waals surface area contributed by atoms with Crippen LogP contribution in [0.5, 0.6) is 0 Å². The molecule has 1 aliphatic heterocycles. The Bertz CT molecular complexity index is 580. The molecule has 0 amide bonds. The number of halogens is 1. The molecular formula is C15H16BrN3. The van der Waals surface area contributed by atoms with E-state index in [0.29, 0.717) is 0 Å². The Labute approximate surface area is 121 Å². The van der Waals surface area contributed by atoms with Gasteiger partial charge in [-0.25, -0.2) is 4.98 Å². The lowest BCUT2D eigenvalue weighted by atomic mass is 10.1. The number of aromatic nitrogens is 1. The number of rotatable bonds is 2. The van der Waals surface area contributed by atoms with Gasteiger partial charge in [-0.1, -0.05) is 29.8 Å². The minimum Gasteiger partial charge on any atom is -0.380 e. The van der Waals surface area contributed by atoms with Crippen LogP contribution in [0.2, 0.25) is 0 Å². The molecule has 98 valence electrons. The highest BCUT2D eigenvalue weighted by molar-refractivity contribution is 9.10. The average molecular weight is 318 g/mol. The molecule has 3 nitrogen and oxygen atoms in total. The van der Waals surface area contributed by atoms with E-state index in [1.165, 1.54) is 11.1 Å². The van der Waals surface area contributed by atoms with Gasteiger partial charge in [0.15, 0.2) is 5.82 Å². The van der Waals surface area contributed by atoms with E-state index in [9.17, 15) is 0 Å². The molecule has 2 aromatic rings. The van der Waals surface area contributed by atoms with Crippen LogP contribution >= 0.6 is 15.9 Å². The second-order valence-corrected chi connectivity index (χ2v) is 5.77. The van der Waals surface area contributed by atoms with Gasteiger partial charge in [-0.2, -0.15) is 0 Å². The number of aryl methyl sites for hydroxylation is 1. The molecule has 0 radical (unpaired) electrons. The van der Waals surface area contributed by atoms with Gasteiger partial charge >= 0.3 is 0 Å². The van der Waals surface area contributed by atoms with Gasteiger partial charge in [-0.15, -0.1) is 0 Å². The summed E-state index contributed by atoms with van der Waals surface area (Å²) in [6, 6.07) is 10.8. The summed E-state index contributed by atoms with van der Waals surface area (Å²) in [5, 5.41) is 3.39. The lowest BCUT2D eigenvalue weighted by Gasteiger charge is -2.31. The molecule has 0 spiro atoms. The van der Waals surface area contributed by atoms with E-state index in [2.05, 4.69) is 68.4 Å². The lowest BCUT2D eigenvalue weighted by molar-refractivity contribution is 0.770. The molecule has 0 saturated carbocycles. The minimum atomic E-state index is 0.906. The molecule has 4 heteroatoms. The first-order valence-electron chi connectivity index (χ1n) is 6.42. The van der Waals surface area contributed by atoms with Crippen molar-refractivity contribution in [1.82, 2.24) is 4.98 Å². The van der Waals surface area contributed by atoms with Crippen LogP contribution in [0.1, 0.15) is 11.1 Å². The molecule has 0 fully saturated rings. The lowest BCUT2D eigenvalue weighted by Crippen LogP contribution is -2.34. The Balaban J connectivity index is 1.85. The number of anilines is 2. The second-order valence-electron chi connectivity index (χ2n) is 4.86. The van der Waals surface area contributed by atoms with Gasteiger partial charge in [-0.05, 0) is 34.5 Å². The molecule has 1 N–H and O–H groups in total. The zero-order valence-electron chi connectivity index (χ0n) is 10.9. The normalized spacial score (nSPS) is 13.9. The third kappa shape index (κ3) is 2.73. The fourth-order valence-corrected chi connectivity index (χ4v) is 2.64. The average Bonchev–Trinajstić information content (AvgIpc) is 2.41. The summed E-state index contributed by atoms with van der Waals surface area (Å²) in [5.41, 5.74) is 3.72. The van der Waals surface area contributed by atoms with Crippen molar-refractivity contribution in [1.29, 1.82) is 0 Å². The SMILES string of the molecule is Cc1ccc(CN2CCNc3cc(Br)cnc32)cc1. The molecular weight excluding hydrogens is 302 g/mol. The van der Waals surface area contributed by atoms with Crippen LogP contribution in [0.3, 0.4) is 0 Å². The van der Waals surface area contributed by atoms with E-state index in [1.807, 2.05) is 6.20 Å². The molecule has 2 heterocycles. The van der Waals surface area contributed by atoms with Crippen molar-refractivity contribution >= 4 is 27.4 Å². The summed E-state index contributed by atoms with van der Waals surface area (Å²) in [6.45, 7) is 4.96. The summed E-state index contributed by atoms with van der Waals surface area (Å²) in [7, 11) is 0. The fourth-order valence-electron chi connectivity index (χ4n) is 2.31. The molecule has 1 aromatic heterocycles. The van der Waals surface area contributed by atoms with Gasteiger partial charge < -0.3 is 10.2 Å². The first-order valence-corrected chi connectivity index (χ1v) is 7.21. The van der Waals surface area contributed by atoms with Crippen LogP contribution in [0.4, 0.5) is 11.5 Å². The van der Waals surface area contributed by atoms with Gasteiger partial charge in [0.1, 0.15) is 0 Å². The van der Waals surface area contributed by atoms with E-state index in [0.717, 1.165) is 35.6 Å². The highest BCUT2D eigenvalue weighted by atomic mass is 79.9. The Morgan fingerprint density at radius 3 is 2.89 bits per heavy atom. The maximum absolute atomic E-state index is 4.53. The Kier molecular flexibility index (Phi) is 3.42. The summed E-state index contributed by atoms with van der Waals surface area (Å²) < 4.78 is 1.01. The molecule has 3 rings (SSSR count). The first-order chi connectivity index (χ1) is 9.22. The molecule has 0 aliphatic carbocycles. The molecule has 0 atom stereocenters. The number of nitrogens with zero attached hydrogens (tertiary/aromatic N) is 2. The van der Waals surface area contributed by atoms with Crippen LogP contribution in [-0.4, -0.2) is 18.1 Å². The van der Waals surface area contributed by atoms with E-state index in [4.69, 9.17) is 0 Å². The van der Waals surface area contributed by atoms with Gasteiger partial charge in [-0.3, -0.25) is 0 Å². The number of benzene rings is 1. The summed E-state index contributed by atoms with van der Waals surface area (Å²) in [4.78, 5) is 6.85. The van der Waals surface area contributed by atoms with Crippen LogP contribution in [-0.2, 0) is 6.54 Å². The maximum Gasteiger partial charge on any atom is 0.152 e. The number of hydrogen-bond acceptors (Lipinski definition) is 3. The second kappa shape index (κ2) is 5.21. The van der Waals surface area contributed by atoms with Crippen LogP contribution in [0.15, 0.2) is 41.0 Å². The molecule has 0 bridgehead atoms. The molecule has 0 saturated heterocycles. The van der Waals surface area contributed by atoms with Gasteiger partial charge in [0.05, 0.1) is 5.69 Å². The molecule has 1 aliphatic rings. The van der Waals surface area contributed by atoms with Gasteiger partial charge in [0, 0.05) is 30.3 Å². The number of hydrogen-bond donors (Lipinski definition) is 1. The van der Waals surface area contributed by atoms with Crippen molar-refractivity contribution in [2.24, 2.45) is 0 Å². The van der Waals surface area contributed by atoms with E-state index in [1.54, 1.807) is 0 Å². The zero-order chi connectivity index (χ0) is 13.2. The Hall–Kier alpha value is -1.55. The quantitative estimate of drug-likeness (QED) is 0.917. The molecule has 0 unspecified atom stereocenters. The van der Waals surface area contributed by atoms with Crippen molar-refractivity contribution in [2.45, 2.75) is 13.5 Å². The smallest absolute Gasteiger partial charge is 0.152 e. The fraction of sp³-hybridized carbons (Fsp3) is 0.267. The Morgan fingerprint density at radius 2 is 2.11 bits per heavy atom. The molecule has 1 aromatic carbocycles. The number of fused-ring (bicyclic) bond motifs is 1. The van der Waals surface area contributed by atoms with E-state index in [-0.39, 0.29) is 0 Å². The largest absolute Gasteiger partial charge is 0.380 e. The zero-order valence-corrected chi connectivity index (χ0v) is 12.4. The van der Waals surface area contributed by atoms with E-state index >= 15 is 0 Å². The summed E-state index contributed by atoms with van der Waals surface area (Å²) >= 11 is 3.46. The monoisotopic (exact) mass is 317 g/mol. The summed E-state index contributed by atoms with van der Waals surface area (Å²) in [6.07, 6.45) is 1.86. The first kappa shape index (κ1) is 12.5. The topological polar surface area (TPSA) is 28.2 Å². The van der Waals surface area contributed by atoms with Gasteiger partial charge in [0.2, 0.25) is 0 Å². The van der Waals surface area contributed by atoms with Gasteiger partial charge in [0.25, 0.3) is 0 Å². The Morgan fingerprint density at radius 1 is 1.32 bits per heavy atom. The summed E-state index contributed by atoms with van der Waals surface area (Å²) in [5.74, 6) is 1.04. The maximum atomic E-state index is 4.53. The third-order valence-electron chi connectivity index (χ3n) is 3.32. The van der Waals surface area contributed by atoms with E-state index < -0.39 is 0 Å². The number of pyridine rings is 1. The highest BCUT2D eigenvalue weighted by Crippen LogP contribution is 2.30. The van der Waals surface area contributed by atoms with Crippen molar-refractivity contribution in [3.8, 4) is 0 Å². The van der Waals surface area contributed by atoms with Crippen molar-refractivity contribution in [3.63, 3.8) is 0 Å². The highest BCUT2D eigenvalue weighted by Gasteiger charge is 2.18. The molecule has 19 heavy (non-hydrogen) atoms. The van der Waals surface area contributed by atoms with Crippen molar-refractivity contribution in [3.05, 3.63) is 52.1 Å². The third-order valence-corrected chi connectivity index (χ3v) is 3.76. The predicted molar refractivity (Wildman–Crippen MR) is 82.7 cm³/mol.